The van der Waals surface area contributed by atoms with Gasteiger partial charge in [0.05, 0.1) is 6.26 Å². The van der Waals surface area contributed by atoms with Crippen LogP contribution in [0.3, 0.4) is 0 Å². The number of oxazole rings is 1. The summed E-state index contributed by atoms with van der Waals surface area (Å²) in [7, 11) is 1.85. The number of nitrogens with zero attached hydrogens (tertiary/aromatic N) is 4. The Morgan fingerprint density at radius 1 is 1.44 bits per heavy atom. The highest BCUT2D eigenvalue weighted by molar-refractivity contribution is 5.79. The number of piperidine rings is 1. The van der Waals surface area contributed by atoms with Crippen LogP contribution in [0, 0.1) is 17.2 Å². The second-order valence-corrected chi connectivity index (χ2v) is 6.57. The fourth-order valence-corrected chi connectivity index (χ4v) is 2.98. The maximum absolute atomic E-state index is 12.5. The Labute approximate surface area is 146 Å². The number of carbonyl (C=O) groups excluding carboxylic acids is 1. The fraction of sp³-hybridized carbons (Fsp3) is 0.500. The third kappa shape index (κ3) is 3.38. The van der Waals surface area contributed by atoms with Crippen LogP contribution in [0.15, 0.2) is 27.2 Å². The minimum atomic E-state index is 0.0154. The molecule has 0 radical (unpaired) electrons. The maximum Gasteiger partial charge on any atom is 0.266 e. The van der Waals surface area contributed by atoms with E-state index in [1.54, 1.807) is 17.0 Å². The molecule has 3 heterocycles. The van der Waals surface area contributed by atoms with Crippen LogP contribution in [0.5, 0.6) is 0 Å². The fourth-order valence-electron chi connectivity index (χ4n) is 2.98. The van der Waals surface area contributed by atoms with E-state index in [9.17, 15) is 10.1 Å². The van der Waals surface area contributed by atoms with Crippen LogP contribution >= 0.6 is 0 Å². The standard InChI is InChI=1S/C18H22N4O3/c1-12(2)21(3)17(23)13-6-8-22(9-7-13)18-14(11-19)20-16(25-18)15-5-4-10-24-15/h4-5,10,12-13H,6-9H2,1-3H3. The molecule has 1 aliphatic rings. The predicted molar refractivity (Wildman–Crippen MR) is 91.8 cm³/mol. The third-order valence-electron chi connectivity index (χ3n) is 4.70. The molecule has 132 valence electrons. The first-order valence-electron chi connectivity index (χ1n) is 8.47. The zero-order chi connectivity index (χ0) is 18.0. The van der Waals surface area contributed by atoms with Gasteiger partial charge in [-0.05, 0) is 38.8 Å². The number of rotatable bonds is 4. The van der Waals surface area contributed by atoms with Gasteiger partial charge in [-0.1, -0.05) is 0 Å². The molecule has 7 heteroatoms. The number of nitriles is 1. The predicted octanol–water partition coefficient (Wildman–Crippen LogP) is 2.89. The van der Waals surface area contributed by atoms with Crippen LogP contribution in [-0.2, 0) is 4.79 Å². The summed E-state index contributed by atoms with van der Waals surface area (Å²) in [6.07, 6.45) is 3.00. The van der Waals surface area contributed by atoms with Crippen molar-refractivity contribution < 1.29 is 13.6 Å². The van der Waals surface area contributed by atoms with E-state index in [0.717, 1.165) is 12.8 Å². The summed E-state index contributed by atoms with van der Waals surface area (Å²) < 4.78 is 11.1. The van der Waals surface area contributed by atoms with Gasteiger partial charge >= 0.3 is 0 Å². The van der Waals surface area contributed by atoms with Crippen molar-refractivity contribution in [2.24, 2.45) is 5.92 Å². The Bertz CT molecular complexity index is 765. The lowest BCUT2D eigenvalue weighted by Crippen LogP contribution is -2.43. The van der Waals surface area contributed by atoms with Crippen molar-refractivity contribution in [3.63, 3.8) is 0 Å². The van der Waals surface area contributed by atoms with Gasteiger partial charge in [0.25, 0.3) is 5.89 Å². The lowest BCUT2D eigenvalue weighted by molar-refractivity contribution is -0.136. The van der Waals surface area contributed by atoms with Crippen LogP contribution in [0.1, 0.15) is 32.4 Å². The summed E-state index contributed by atoms with van der Waals surface area (Å²) in [6, 6.07) is 5.76. The quantitative estimate of drug-likeness (QED) is 0.849. The summed E-state index contributed by atoms with van der Waals surface area (Å²) in [5.41, 5.74) is 0.246. The van der Waals surface area contributed by atoms with Gasteiger partial charge in [0, 0.05) is 32.1 Å². The highest BCUT2D eigenvalue weighted by atomic mass is 16.4. The molecular formula is C18H22N4O3. The Kier molecular flexibility index (Phi) is 4.79. The van der Waals surface area contributed by atoms with E-state index in [4.69, 9.17) is 8.83 Å². The van der Waals surface area contributed by atoms with Crippen molar-refractivity contribution in [3.8, 4) is 17.7 Å². The molecule has 1 aliphatic heterocycles. The number of amides is 1. The van der Waals surface area contributed by atoms with Crippen molar-refractivity contribution in [3.05, 3.63) is 24.1 Å². The molecule has 7 nitrogen and oxygen atoms in total. The zero-order valence-corrected chi connectivity index (χ0v) is 14.7. The van der Waals surface area contributed by atoms with Crippen LogP contribution < -0.4 is 4.90 Å². The van der Waals surface area contributed by atoms with Gasteiger partial charge in [-0.25, -0.2) is 0 Å². The number of hydrogen-bond donors (Lipinski definition) is 0. The molecule has 0 saturated carbocycles. The van der Waals surface area contributed by atoms with Gasteiger partial charge in [0.1, 0.15) is 6.07 Å². The smallest absolute Gasteiger partial charge is 0.266 e. The van der Waals surface area contributed by atoms with E-state index in [-0.39, 0.29) is 23.6 Å². The number of anilines is 1. The molecule has 1 saturated heterocycles. The first kappa shape index (κ1) is 17.1. The first-order valence-corrected chi connectivity index (χ1v) is 8.47. The van der Waals surface area contributed by atoms with E-state index >= 15 is 0 Å². The molecule has 1 amide bonds. The van der Waals surface area contributed by atoms with Crippen LogP contribution in [0.25, 0.3) is 11.7 Å². The average Bonchev–Trinajstić information content (AvgIpc) is 3.29. The van der Waals surface area contributed by atoms with Crippen molar-refractivity contribution in [1.29, 1.82) is 5.26 Å². The second-order valence-electron chi connectivity index (χ2n) is 6.57. The molecule has 0 spiro atoms. The summed E-state index contributed by atoms with van der Waals surface area (Å²) >= 11 is 0. The number of carbonyl (C=O) groups is 1. The van der Waals surface area contributed by atoms with Gasteiger partial charge in [0.2, 0.25) is 17.5 Å². The number of furan rings is 1. The Hall–Kier alpha value is -2.75. The van der Waals surface area contributed by atoms with E-state index in [2.05, 4.69) is 11.1 Å². The molecule has 2 aromatic heterocycles. The summed E-state index contributed by atoms with van der Waals surface area (Å²) in [4.78, 5) is 20.5. The second kappa shape index (κ2) is 7.01. The Morgan fingerprint density at radius 3 is 2.72 bits per heavy atom. The average molecular weight is 342 g/mol. The molecule has 0 atom stereocenters. The molecule has 0 N–H and O–H groups in total. The van der Waals surface area contributed by atoms with E-state index in [0.29, 0.717) is 30.6 Å². The Balaban J connectivity index is 1.71. The first-order chi connectivity index (χ1) is 12.0. The molecule has 25 heavy (non-hydrogen) atoms. The molecule has 0 bridgehead atoms. The van der Waals surface area contributed by atoms with E-state index in [1.807, 2.05) is 25.8 Å². The summed E-state index contributed by atoms with van der Waals surface area (Å²) in [6.45, 7) is 5.33. The van der Waals surface area contributed by atoms with Gasteiger partial charge in [-0.2, -0.15) is 10.2 Å². The molecule has 1 fully saturated rings. The van der Waals surface area contributed by atoms with Gasteiger partial charge < -0.3 is 18.6 Å². The molecule has 0 aromatic carbocycles. The van der Waals surface area contributed by atoms with Gasteiger partial charge in [-0.15, -0.1) is 0 Å². The molecular weight excluding hydrogens is 320 g/mol. The highest BCUT2D eigenvalue weighted by Crippen LogP contribution is 2.31. The highest BCUT2D eigenvalue weighted by Gasteiger charge is 2.31. The SMILES string of the molecule is CC(C)N(C)C(=O)C1CCN(c2oc(-c3ccco3)nc2C#N)CC1. The topological polar surface area (TPSA) is 86.5 Å². The third-order valence-corrected chi connectivity index (χ3v) is 4.70. The summed E-state index contributed by atoms with van der Waals surface area (Å²) in [5.74, 6) is 1.45. The maximum atomic E-state index is 12.5. The minimum absolute atomic E-state index is 0.0154. The number of aromatic nitrogens is 1. The Morgan fingerprint density at radius 2 is 2.16 bits per heavy atom. The number of hydrogen-bond acceptors (Lipinski definition) is 6. The molecule has 3 rings (SSSR count). The van der Waals surface area contributed by atoms with Crippen molar-refractivity contribution >= 4 is 11.8 Å². The van der Waals surface area contributed by atoms with Crippen molar-refractivity contribution in [1.82, 2.24) is 9.88 Å². The van der Waals surface area contributed by atoms with E-state index < -0.39 is 0 Å². The van der Waals surface area contributed by atoms with Crippen molar-refractivity contribution in [2.75, 3.05) is 25.0 Å². The normalized spacial score (nSPS) is 15.4. The monoisotopic (exact) mass is 342 g/mol. The molecule has 2 aromatic rings. The van der Waals surface area contributed by atoms with Gasteiger partial charge in [-0.3, -0.25) is 4.79 Å². The van der Waals surface area contributed by atoms with E-state index in [1.165, 1.54) is 6.26 Å². The van der Waals surface area contributed by atoms with Crippen LogP contribution in [-0.4, -0.2) is 42.0 Å². The largest absolute Gasteiger partial charge is 0.459 e. The molecule has 0 unspecified atom stereocenters. The lowest BCUT2D eigenvalue weighted by atomic mass is 9.95. The molecule has 0 aliphatic carbocycles. The van der Waals surface area contributed by atoms with Crippen LogP contribution in [0.4, 0.5) is 5.88 Å². The lowest BCUT2D eigenvalue weighted by Gasteiger charge is -2.34. The van der Waals surface area contributed by atoms with Gasteiger partial charge in [0.15, 0.2) is 5.76 Å². The summed E-state index contributed by atoms with van der Waals surface area (Å²) in [5, 5.41) is 9.34. The minimum Gasteiger partial charge on any atom is -0.459 e. The van der Waals surface area contributed by atoms with Crippen molar-refractivity contribution in [2.45, 2.75) is 32.7 Å². The van der Waals surface area contributed by atoms with Crippen LogP contribution in [0.2, 0.25) is 0 Å². The zero-order valence-electron chi connectivity index (χ0n) is 14.7.